The van der Waals surface area contributed by atoms with Crippen LogP contribution in [-0.2, 0) is 11.2 Å². The number of aryl methyl sites for hydroxylation is 1. The van der Waals surface area contributed by atoms with Crippen LogP contribution in [0, 0.1) is 5.92 Å². The highest BCUT2D eigenvalue weighted by Crippen LogP contribution is 2.29. The Hall–Kier alpha value is -1.02. The molecule has 0 atom stereocenters. The van der Waals surface area contributed by atoms with Crippen molar-refractivity contribution in [1.29, 1.82) is 0 Å². The maximum absolute atomic E-state index is 5.73. The minimum absolute atomic E-state index is 0.855. The fraction of sp³-hybridized carbons (Fsp3) is 0.600. The van der Waals surface area contributed by atoms with Gasteiger partial charge in [0, 0.05) is 18.9 Å². The van der Waals surface area contributed by atoms with Gasteiger partial charge < -0.3 is 10.5 Å². The first-order valence-corrected chi connectivity index (χ1v) is 6.77. The van der Waals surface area contributed by atoms with Crippen molar-refractivity contribution >= 4 is 5.69 Å². The van der Waals surface area contributed by atoms with Gasteiger partial charge in [-0.2, -0.15) is 0 Å². The van der Waals surface area contributed by atoms with Crippen LogP contribution in [0.2, 0.25) is 0 Å². The molecule has 2 heteroatoms. The van der Waals surface area contributed by atoms with Gasteiger partial charge in [-0.25, -0.2) is 0 Å². The van der Waals surface area contributed by atoms with Gasteiger partial charge >= 0.3 is 0 Å². The smallest absolute Gasteiger partial charge is 0.0469 e. The zero-order valence-corrected chi connectivity index (χ0v) is 10.5. The molecule has 2 rings (SSSR count). The molecule has 0 radical (unpaired) electrons. The summed E-state index contributed by atoms with van der Waals surface area (Å²) >= 11 is 0. The van der Waals surface area contributed by atoms with Gasteiger partial charge in [0.05, 0.1) is 0 Å². The maximum Gasteiger partial charge on any atom is 0.0469 e. The van der Waals surface area contributed by atoms with Gasteiger partial charge in [0.2, 0.25) is 0 Å². The van der Waals surface area contributed by atoms with E-state index >= 15 is 0 Å². The molecule has 0 saturated heterocycles. The number of hydrogen-bond donors (Lipinski definition) is 1. The van der Waals surface area contributed by atoms with Crippen LogP contribution in [0.15, 0.2) is 24.3 Å². The molecule has 0 aromatic heterocycles. The van der Waals surface area contributed by atoms with E-state index in [9.17, 15) is 0 Å². The van der Waals surface area contributed by atoms with Crippen molar-refractivity contribution in [2.24, 2.45) is 5.92 Å². The van der Waals surface area contributed by atoms with E-state index in [4.69, 9.17) is 10.5 Å². The zero-order valence-electron chi connectivity index (χ0n) is 10.5. The molecule has 94 valence electrons. The molecule has 1 aliphatic rings. The predicted molar refractivity (Wildman–Crippen MR) is 72.0 cm³/mol. The lowest BCUT2D eigenvalue weighted by Gasteiger charge is -2.24. The van der Waals surface area contributed by atoms with E-state index in [0.717, 1.165) is 37.7 Å². The first-order chi connectivity index (χ1) is 8.34. The molecule has 0 amide bonds. The largest absolute Gasteiger partial charge is 0.399 e. The van der Waals surface area contributed by atoms with Crippen LogP contribution in [0.1, 0.15) is 37.7 Å². The van der Waals surface area contributed by atoms with Crippen LogP contribution in [0.25, 0.3) is 0 Å². The molecule has 1 aliphatic carbocycles. The Kier molecular flexibility index (Phi) is 4.87. The minimum Gasteiger partial charge on any atom is -0.399 e. The van der Waals surface area contributed by atoms with Crippen molar-refractivity contribution in [3.63, 3.8) is 0 Å². The molecular weight excluding hydrogens is 210 g/mol. The Morgan fingerprint density at radius 2 is 2.12 bits per heavy atom. The summed E-state index contributed by atoms with van der Waals surface area (Å²) in [5.41, 5.74) is 7.90. The lowest BCUT2D eigenvalue weighted by atomic mass is 9.83. The quantitative estimate of drug-likeness (QED) is 0.578. The SMILES string of the molecule is Nc1cccc(CCCOCCC2CCC2)c1. The zero-order chi connectivity index (χ0) is 11.9. The van der Waals surface area contributed by atoms with Crippen molar-refractivity contribution in [3.05, 3.63) is 29.8 Å². The van der Waals surface area contributed by atoms with Crippen LogP contribution < -0.4 is 5.73 Å². The minimum atomic E-state index is 0.855. The average molecular weight is 233 g/mol. The van der Waals surface area contributed by atoms with E-state index in [1.54, 1.807) is 0 Å². The maximum atomic E-state index is 5.73. The number of nitrogen functional groups attached to an aromatic ring is 1. The summed E-state index contributed by atoms with van der Waals surface area (Å²) < 4.78 is 5.66. The summed E-state index contributed by atoms with van der Waals surface area (Å²) in [4.78, 5) is 0. The molecule has 1 fully saturated rings. The number of nitrogens with two attached hydrogens (primary N) is 1. The van der Waals surface area contributed by atoms with Gasteiger partial charge in [-0.1, -0.05) is 31.4 Å². The second-order valence-electron chi connectivity index (χ2n) is 5.05. The van der Waals surface area contributed by atoms with Crippen molar-refractivity contribution in [2.75, 3.05) is 18.9 Å². The van der Waals surface area contributed by atoms with Crippen molar-refractivity contribution in [1.82, 2.24) is 0 Å². The van der Waals surface area contributed by atoms with Gasteiger partial charge in [0.1, 0.15) is 0 Å². The van der Waals surface area contributed by atoms with Crippen LogP contribution >= 0.6 is 0 Å². The molecule has 2 nitrogen and oxygen atoms in total. The molecule has 1 saturated carbocycles. The average Bonchev–Trinajstić information content (AvgIpc) is 2.25. The summed E-state index contributed by atoms with van der Waals surface area (Å²) in [5, 5.41) is 0. The van der Waals surface area contributed by atoms with Crippen molar-refractivity contribution < 1.29 is 4.74 Å². The molecule has 0 unspecified atom stereocenters. The number of ether oxygens (including phenoxy) is 1. The monoisotopic (exact) mass is 233 g/mol. The van der Waals surface area contributed by atoms with E-state index in [0.29, 0.717) is 0 Å². The Balaban J connectivity index is 1.50. The molecule has 17 heavy (non-hydrogen) atoms. The highest BCUT2D eigenvalue weighted by Gasteiger charge is 2.16. The summed E-state index contributed by atoms with van der Waals surface area (Å²) in [5.74, 6) is 0.962. The lowest BCUT2D eigenvalue weighted by molar-refractivity contribution is 0.105. The molecular formula is C15H23NO. The number of hydrogen-bond acceptors (Lipinski definition) is 2. The van der Waals surface area contributed by atoms with Crippen LogP contribution in [0.5, 0.6) is 0 Å². The fourth-order valence-corrected chi connectivity index (χ4v) is 2.26. The Morgan fingerprint density at radius 1 is 1.24 bits per heavy atom. The second-order valence-corrected chi connectivity index (χ2v) is 5.05. The summed E-state index contributed by atoms with van der Waals surface area (Å²) in [6, 6.07) is 8.12. The van der Waals surface area contributed by atoms with Gasteiger partial charge in [-0.05, 0) is 42.9 Å². The molecule has 0 heterocycles. The Labute approximate surface area is 104 Å². The number of anilines is 1. The number of benzene rings is 1. The standard InChI is InChI=1S/C15H23NO/c16-15-8-2-6-14(12-15)7-3-10-17-11-9-13-4-1-5-13/h2,6,8,12-13H,1,3-5,7,9-11,16H2. The lowest BCUT2D eigenvalue weighted by Crippen LogP contribution is -2.13. The third kappa shape index (κ3) is 4.39. The van der Waals surface area contributed by atoms with E-state index < -0.39 is 0 Å². The summed E-state index contributed by atoms with van der Waals surface area (Å²) in [7, 11) is 0. The Morgan fingerprint density at radius 3 is 2.82 bits per heavy atom. The first-order valence-electron chi connectivity index (χ1n) is 6.77. The van der Waals surface area contributed by atoms with E-state index in [1.807, 2.05) is 18.2 Å². The van der Waals surface area contributed by atoms with E-state index in [1.165, 1.54) is 31.2 Å². The van der Waals surface area contributed by atoms with Gasteiger partial charge in [0.25, 0.3) is 0 Å². The molecule has 0 spiro atoms. The predicted octanol–water partition coefficient (Wildman–Crippen LogP) is 3.41. The summed E-state index contributed by atoms with van der Waals surface area (Å²) in [6.07, 6.45) is 7.69. The van der Waals surface area contributed by atoms with Crippen molar-refractivity contribution in [2.45, 2.75) is 38.5 Å². The second kappa shape index (κ2) is 6.65. The topological polar surface area (TPSA) is 35.2 Å². The van der Waals surface area contributed by atoms with Gasteiger partial charge in [0.15, 0.2) is 0 Å². The van der Waals surface area contributed by atoms with Crippen LogP contribution in [0.3, 0.4) is 0 Å². The van der Waals surface area contributed by atoms with Gasteiger partial charge in [-0.3, -0.25) is 0 Å². The normalized spacial score (nSPS) is 15.8. The van der Waals surface area contributed by atoms with Crippen LogP contribution in [0.4, 0.5) is 5.69 Å². The van der Waals surface area contributed by atoms with E-state index in [-0.39, 0.29) is 0 Å². The highest BCUT2D eigenvalue weighted by molar-refractivity contribution is 5.40. The fourth-order valence-electron chi connectivity index (χ4n) is 2.26. The molecule has 1 aromatic carbocycles. The summed E-state index contributed by atoms with van der Waals surface area (Å²) in [6.45, 7) is 1.82. The number of rotatable bonds is 7. The molecule has 2 N–H and O–H groups in total. The molecule has 0 bridgehead atoms. The Bertz CT molecular complexity index is 333. The molecule has 1 aromatic rings. The third-order valence-corrected chi connectivity index (χ3v) is 3.60. The first kappa shape index (κ1) is 12.4. The highest BCUT2D eigenvalue weighted by atomic mass is 16.5. The van der Waals surface area contributed by atoms with Gasteiger partial charge in [-0.15, -0.1) is 0 Å². The van der Waals surface area contributed by atoms with E-state index in [2.05, 4.69) is 6.07 Å². The van der Waals surface area contributed by atoms with Crippen LogP contribution in [-0.4, -0.2) is 13.2 Å². The third-order valence-electron chi connectivity index (χ3n) is 3.60. The molecule has 0 aliphatic heterocycles. The van der Waals surface area contributed by atoms with Crippen molar-refractivity contribution in [3.8, 4) is 0 Å².